The summed E-state index contributed by atoms with van der Waals surface area (Å²) < 4.78 is 15.4. The number of carboxylic acid groups (broad SMARTS) is 1. The average molecular weight is 953 g/mol. The monoisotopic (exact) mass is 952 g/mol. The predicted molar refractivity (Wildman–Crippen MR) is 249 cm³/mol. The maximum Gasteiger partial charge on any atom is 0.337 e. The maximum absolute atomic E-state index is 11.6. The lowest BCUT2D eigenvalue weighted by Crippen LogP contribution is -2.66. The molecule has 10 rings (SSSR count). The van der Waals surface area contributed by atoms with E-state index in [0.29, 0.717) is 28.3 Å². The van der Waals surface area contributed by atoms with Gasteiger partial charge in [-0.25, -0.2) is 29.5 Å². The lowest BCUT2D eigenvalue weighted by Gasteiger charge is -2.56. The molecule has 4 aliphatic rings. The Morgan fingerprint density at radius 1 is 0.613 bits per heavy atom. The summed E-state index contributed by atoms with van der Waals surface area (Å²) in [7, 11) is 2.37. The number of nitrogens with zero attached hydrogens (tertiary/aromatic N) is 6. The topological polar surface area (TPSA) is 184 Å². The Bertz CT molecular complexity index is 2460. The predicted octanol–water partition coefficient (Wildman–Crippen LogP) is 7.40. The molecule has 6 aromatic rings. The highest BCUT2D eigenvalue weighted by molar-refractivity contribution is 14.0. The van der Waals surface area contributed by atoms with Gasteiger partial charge in [-0.2, -0.15) is 0 Å². The Hall–Kier alpha value is -6.21. The number of hydrogen-bond donors (Lipinski definition) is 4. The molecule has 0 aliphatic carbocycles. The number of benzene rings is 4. The zero-order valence-corrected chi connectivity index (χ0v) is 36.6. The van der Waals surface area contributed by atoms with Crippen molar-refractivity contribution in [2.75, 3.05) is 87.3 Å². The van der Waals surface area contributed by atoms with Gasteiger partial charge < -0.3 is 44.9 Å². The molecule has 0 bridgehead atoms. The number of aromatic carboxylic acids is 1. The number of halogens is 1. The van der Waals surface area contributed by atoms with Gasteiger partial charge >= 0.3 is 11.9 Å². The van der Waals surface area contributed by atoms with Crippen molar-refractivity contribution in [3.8, 4) is 22.5 Å². The number of methoxy groups -OCH3 is 1. The number of ether oxygens (including phenoxy) is 3. The second kappa shape index (κ2) is 19.2. The molecule has 4 aliphatic heterocycles. The molecular formula is C46H49IN8O7. The van der Waals surface area contributed by atoms with Crippen molar-refractivity contribution in [2.45, 2.75) is 0 Å². The van der Waals surface area contributed by atoms with Crippen LogP contribution in [-0.4, -0.2) is 109 Å². The van der Waals surface area contributed by atoms with Crippen molar-refractivity contribution in [3.63, 3.8) is 0 Å². The number of nitrogens with one attached hydrogen (secondary N) is 2. The summed E-state index contributed by atoms with van der Waals surface area (Å²) in [5, 5.41) is 22.5. The molecule has 15 nitrogen and oxygen atoms in total. The van der Waals surface area contributed by atoms with E-state index in [9.17, 15) is 9.59 Å². The molecule has 4 fully saturated rings. The van der Waals surface area contributed by atoms with Crippen LogP contribution >= 0.6 is 24.0 Å². The van der Waals surface area contributed by atoms with E-state index in [1.807, 2.05) is 42.5 Å². The van der Waals surface area contributed by atoms with E-state index in [4.69, 9.17) is 24.4 Å². The standard InChI is InChI=1S/C23H22N4O3.C22H20N4O3.CH4O.HI.H2/c1-29-21(28)17-4-2-16(3-5-17)20-10-11-24-22(26-20)25-18-6-8-19(9-7-18)27-12-23(13-27)14-30-15-23;27-20(28)16-3-1-15(2-4-16)19-9-10-23-21(25-19)24-17-5-7-18(8-6-17)26-11-22(12-26)13-29-14-22;1-2;;/h2-11H,12-15H2,1H3,(H,24,25,26);1-10H,11-14H2,(H,27,28)(H,23,24,25);2H,1H3;2*1H. The Morgan fingerprint density at radius 3 is 1.34 bits per heavy atom. The van der Waals surface area contributed by atoms with Crippen molar-refractivity contribution in [1.82, 2.24) is 19.9 Å². The number of hydrogen-bond acceptors (Lipinski definition) is 14. The van der Waals surface area contributed by atoms with Gasteiger partial charge in [0.25, 0.3) is 0 Å². The molecule has 2 spiro atoms. The third kappa shape index (κ3) is 9.78. The first-order valence-corrected chi connectivity index (χ1v) is 19.8. The van der Waals surface area contributed by atoms with Gasteiger partial charge in [0.15, 0.2) is 0 Å². The molecule has 16 heteroatoms. The fourth-order valence-corrected chi connectivity index (χ4v) is 7.65. The van der Waals surface area contributed by atoms with Gasteiger partial charge in [0.1, 0.15) is 0 Å². The summed E-state index contributed by atoms with van der Waals surface area (Å²) in [5.41, 5.74) is 9.06. The van der Waals surface area contributed by atoms with Crippen molar-refractivity contribution in [3.05, 3.63) is 133 Å². The normalized spacial score (nSPS) is 15.9. The van der Waals surface area contributed by atoms with E-state index in [1.165, 1.54) is 18.5 Å². The average Bonchev–Trinajstić information content (AvgIpc) is 3.24. The molecule has 0 saturated carbocycles. The number of aliphatic hydroxyl groups is 1. The van der Waals surface area contributed by atoms with Crippen LogP contribution < -0.4 is 20.4 Å². The fourth-order valence-electron chi connectivity index (χ4n) is 7.65. The molecule has 0 radical (unpaired) electrons. The zero-order valence-electron chi connectivity index (χ0n) is 34.2. The van der Waals surface area contributed by atoms with Gasteiger partial charge in [-0.05, 0) is 84.9 Å². The fraction of sp³-hybridized carbons (Fsp3) is 0.261. The molecule has 0 atom stereocenters. The van der Waals surface area contributed by atoms with Crippen LogP contribution in [-0.2, 0) is 14.2 Å². The number of carboxylic acids is 1. The highest BCUT2D eigenvalue weighted by Gasteiger charge is 2.49. The van der Waals surface area contributed by atoms with Crippen LogP contribution in [0.25, 0.3) is 22.5 Å². The van der Waals surface area contributed by atoms with E-state index in [1.54, 1.807) is 54.9 Å². The van der Waals surface area contributed by atoms with E-state index in [2.05, 4.69) is 64.6 Å². The summed E-state index contributed by atoms with van der Waals surface area (Å²) in [6.45, 7) is 7.81. The van der Waals surface area contributed by atoms with Crippen molar-refractivity contribution in [2.24, 2.45) is 10.8 Å². The molecule has 0 amide bonds. The smallest absolute Gasteiger partial charge is 0.337 e. The van der Waals surface area contributed by atoms with Crippen LogP contribution in [0.15, 0.2) is 122 Å². The van der Waals surface area contributed by atoms with Crippen LogP contribution in [0.3, 0.4) is 0 Å². The molecule has 0 unspecified atom stereocenters. The Balaban J connectivity index is 0.000000196. The molecule has 4 N–H and O–H groups in total. The molecule has 2 aromatic heterocycles. The van der Waals surface area contributed by atoms with E-state index >= 15 is 0 Å². The van der Waals surface area contributed by atoms with E-state index in [0.717, 1.165) is 93.6 Å². The van der Waals surface area contributed by atoms with Crippen molar-refractivity contribution >= 4 is 70.6 Å². The largest absolute Gasteiger partial charge is 0.478 e. The Morgan fingerprint density at radius 2 is 1.00 bits per heavy atom. The Labute approximate surface area is 377 Å². The van der Waals surface area contributed by atoms with Crippen LogP contribution in [0.1, 0.15) is 22.1 Å². The molecule has 4 saturated heterocycles. The third-order valence-electron chi connectivity index (χ3n) is 11.1. The van der Waals surface area contributed by atoms with Crippen LogP contribution in [0.2, 0.25) is 0 Å². The number of carbonyl (C=O) groups is 2. The minimum absolute atomic E-state index is 0. The molecule has 6 heterocycles. The van der Waals surface area contributed by atoms with Crippen LogP contribution in [0.5, 0.6) is 0 Å². The number of carbonyl (C=O) groups excluding carboxylic acids is 1. The van der Waals surface area contributed by atoms with Crippen LogP contribution in [0.4, 0.5) is 34.6 Å². The molecular weight excluding hydrogens is 903 g/mol. The summed E-state index contributed by atoms with van der Waals surface area (Å²) in [5.74, 6) is -0.289. The first kappa shape index (κ1) is 43.9. The quantitative estimate of drug-likeness (QED) is 0.0786. The van der Waals surface area contributed by atoms with Gasteiger partial charge in [-0.1, -0.05) is 24.3 Å². The number of aromatic nitrogens is 4. The lowest BCUT2D eigenvalue weighted by molar-refractivity contribution is -0.127. The second-order valence-corrected chi connectivity index (χ2v) is 15.5. The van der Waals surface area contributed by atoms with Gasteiger partial charge in [-0.15, -0.1) is 24.0 Å². The van der Waals surface area contributed by atoms with Crippen molar-refractivity contribution in [1.29, 1.82) is 0 Å². The maximum atomic E-state index is 11.6. The highest BCUT2D eigenvalue weighted by atomic mass is 127. The number of rotatable bonds is 10. The van der Waals surface area contributed by atoms with Gasteiger partial charge in [0.05, 0.1) is 66.9 Å². The highest BCUT2D eigenvalue weighted by Crippen LogP contribution is 2.41. The SMILES string of the molecule is CO.COC(=O)c1ccc(-c2ccnc(Nc3ccc(N4CC5(COC5)C4)cc3)n2)cc1.I.O=C(O)c1ccc(-c2ccnc(Nc3ccc(N4CC5(COC5)C4)cc3)n2)cc1.[HH]. The van der Waals surface area contributed by atoms with Gasteiger partial charge in [0.2, 0.25) is 11.9 Å². The zero-order chi connectivity index (χ0) is 42.4. The minimum Gasteiger partial charge on any atom is -0.478 e. The third-order valence-corrected chi connectivity index (χ3v) is 11.1. The van der Waals surface area contributed by atoms with Gasteiger partial charge in [-0.3, -0.25) is 0 Å². The van der Waals surface area contributed by atoms with E-state index < -0.39 is 5.97 Å². The first-order chi connectivity index (χ1) is 29.7. The van der Waals surface area contributed by atoms with Gasteiger partial charge in [0, 0.05) is 81.0 Å². The summed E-state index contributed by atoms with van der Waals surface area (Å²) >= 11 is 0. The number of esters is 1. The summed E-state index contributed by atoms with van der Waals surface area (Å²) in [6.07, 6.45) is 3.40. The Kier molecular flexibility index (Phi) is 13.6. The summed E-state index contributed by atoms with van der Waals surface area (Å²) in [4.78, 5) is 45.1. The number of anilines is 6. The van der Waals surface area contributed by atoms with Crippen LogP contribution in [0, 0.1) is 10.8 Å². The molecule has 322 valence electrons. The lowest BCUT2D eigenvalue weighted by atomic mass is 9.78. The number of aliphatic hydroxyl groups excluding tert-OH is 1. The molecule has 4 aromatic carbocycles. The van der Waals surface area contributed by atoms with E-state index in [-0.39, 0.29) is 36.9 Å². The molecule has 62 heavy (non-hydrogen) atoms. The minimum atomic E-state index is -0.945. The second-order valence-electron chi connectivity index (χ2n) is 15.5. The van der Waals surface area contributed by atoms with Crippen molar-refractivity contribution < 1.29 is 35.4 Å². The summed E-state index contributed by atoms with van der Waals surface area (Å²) in [6, 6.07) is 34.0. The first-order valence-electron chi connectivity index (χ1n) is 19.8.